The van der Waals surface area contributed by atoms with Crippen LogP contribution in [-0.2, 0) is 14.3 Å². The normalized spacial score (nSPS) is 40.9. The maximum absolute atomic E-state index is 13.1. The van der Waals surface area contributed by atoms with Gasteiger partial charge in [-0.2, -0.15) is 0 Å². The number of ether oxygens (including phenoxy) is 1. The minimum absolute atomic E-state index is 0.0302. The van der Waals surface area contributed by atoms with Crippen molar-refractivity contribution in [1.29, 1.82) is 0 Å². The predicted molar refractivity (Wildman–Crippen MR) is 124 cm³/mol. The molecule has 0 aromatic rings. The zero-order valence-corrected chi connectivity index (χ0v) is 20.1. The van der Waals surface area contributed by atoms with Gasteiger partial charge in [-0.25, -0.2) is 4.79 Å². The highest BCUT2D eigenvalue weighted by Crippen LogP contribution is 2.64. The third-order valence-corrected chi connectivity index (χ3v) is 10.00. The van der Waals surface area contributed by atoms with E-state index in [0.29, 0.717) is 12.0 Å². The molecule has 0 spiro atoms. The molecule has 0 aromatic heterocycles. The Hall–Kier alpha value is -1.94. The van der Waals surface area contributed by atoms with Crippen molar-refractivity contribution in [3.8, 4) is 0 Å². The van der Waals surface area contributed by atoms with Gasteiger partial charge in [0.25, 0.3) is 0 Å². The van der Waals surface area contributed by atoms with E-state index in [1.165, 1.54) is 16.7 Å². The van der Waals surface area contributed by atoms with E-state index in [1.54, 1.807) is 13.0 Å². The van der Waals surface area contributed by atoms with E-state index in [9.17, 15) is 14.7 Å². The lowest BCUT2D eigenvalue weighted by molar-refractivity contribution is -0.175. The Kier molecular flexibility index (Phi) is 4.81. The number of esters is 1. The molecule has 0 saturated heterocycles. The third kappa shape index (κ3) is 2.77. The van der Waals surface area contributed by atoms with Gasteiger partial charge in [0.05, 0.1) is 5.41 Å². The minimum atomic E-state index is -1.09. The largest absolute Gasteiger partial charge is 0.456 e. The second kappa shape index (κ2) is 7.03. The van der Waals surface area contributed by atoms with E-state index in [2.05, 4.69) is 19.9 Å². The number of rotatable bonds is 2. The highest BCUT2D eigenvalue weighted by Gasteiger charge is 2.59. The summed E-state index contributed by atoms with van der Waals surface area (Å²) in [4.78, 5) is 25.4. The molecule has 5 aliphatic rings. The first-order valence-electron chi connectivity index (χ1n) is 12.2. The average Bonchev–Trinajstić information content (AvgIpc) is 3.10. The molecule has 0 aromatic carbocycles. The summed E-state index contributed by atoms with van der Waals surface area (Å²) in [6, 6.07) is 0. The lowest BCUT2D eigenvalue weighted by Crippen LogP contribution is -2.54. The van der Waals surface area contributed by atoms with E-state index in [4.69, 9.17) is 4.74 Å². The Morgan fingerprint density at radius 2 is 1.91 bits per heavy atom. The fourth-order valence-electron chi connectivity index (χ4n) is 7.80. The van der Waals surface area contributed by atoms with E-state index in [-0.39, 0.29) is 29.0 Å². The number of cyclic esters (lactones) is 1. The van der Waals surface area contributed by atoms with Crippen molar-refractivity contribution < 1.29 is 19.4 Å². The quantitative estimate of drug-likeness (QED) is 0.466. The molecule has 172 valence electrons. The summed E-state index contributed by atoms with van der Waals surface area (Å²) in [5, 5.41) is 11.8. The van der Waals surface area contributed by atoms with Crippen molar-refractivity contribution in [1.82, 2.24) is 0 Å². The second-order valence-corrected chi connectivity index (χ2v) is 11.4. The number of hydrogen-bond donors (Lipinski definition) is 1. The van der Waals surface area contributed by atoms with Crippen molar-refractivity contribution >= 4 is 11.8 Å². The molecule has 6 atom stereocenters. The SMILES string of the molecule is CC1=C(C)C(=O)O[C@@H]([C@](C)(O)[C@H]2CCC3=C4CC=C5CC=CC(=O)[C@]5(C)[C@H]4CC[C@@]32C)C1. The molecular formula is C28H36O4. The zero-order valence-electron chi connectivity index (χ0n) is 20.1. The van der Waals surface area contributed by atoms with Crippen molar-refractivity contribution in [3.05, 3.63) is 46.1 Å². The van der Waals surface area contributed by atoms with Gasteiger partial charge in [-0.3, -0.25) is 4.79 Å². The average molecular weight is 437 g/mol. The van der Waals surface area contributed by atoms with Gasteiger partial charge in [-0.15, -0.1) is 0 Å². The van der Waals surface area contributed by atoms with Crippen LogP contribution in [0.3, 0.4) is 0 Å². The van der Waals surface area contributed by atoms with E-state index < -0.39 is 17.1 Å². The van der Waals surface area contributed by atoms with Crippen LogP contribution in [0.5, 0.6) is 0 Å². The smallest absolute Gasteiger partial charge is 0.334 e. The first-order valence-corrected chi connectivity index (χ1v) is 12.2. The van der Waals surface area contributed by atoms with Crippen LogP contribution in [0.4, 0.5) is 0 Å². The maximum Gasteiger partial charge on any atom is 0.334 e. The Morgan fingerprint density at radius 1 is 1.16 bits per heavy atom. The molecule has 1 N–H and O–H groups in total. The van der Waals surface area contributed by atoms with E-state index in [1.807, 2.05) is 19.9 Å². The number of fused-ring (bicyclic) bond motifs is 4. The topological polar surface area (TPSA) is 63.6 Å². The van der Waals surface area contributed by atoms with Gasteiger partial charge in [0.1, 0.15) is 11.7 Å². The molecule has 1 aliphatic heterocycles. The molecule has 0 radical (unpaired) electrons. The van der Waals surface area contributed by atoms with E-state index in [0.717, 1.165) is 44.1 Å². The van der Waals surface area contributed by atoms with Crippen LogP contribution in [0.2, 0.25) is 0 Å². The van der Waals surface area contributed by atoms with Gasteiger partial charge in [0.15, 0.2) is 5.78 Å². The summed E-state index contributed by atoms with van der Waals surface area (Å²) in [6.07, 6.45) is 11.8. The summed E-state index contributed by atoms with van der Waals surface area (Å²) in [5.74, 6) is 0.246. The number of carbonyl (C=O) groups excluding carboxylic acids is 2. The van der Waals surface area contributed by atoms with E-state index >= 15 is 0 Å². The van der Waals surface area contributed by atoms with Crippen LogP contribution in [-0.4, -0.2) is 28.6 Å². The summed E-state index contributed by atoms with van der Waals surface area (Å²) in [5.41, 5.74) is 4.25. The maximum atomic E-state index is 13.1. The van der Waals surface area contributed by atoms with Gasteiger partial charge in [-0.05, 0) is 83.6 Å². The highest BCUT2D eigenvalue weighted by molar-refractivity contribution is 5.99. The monoisotopic (exact) mass is 436 g/mol. The van der Waals surface area contributed by atoms with Crippen molar-refractivity contribution in [2.24, 2.45) is 22.7 Å². The standard InChI is InChI=1S/C28H36O4/c1-16-15-24(32-25(30)17(16)2)28(5,31)22-12-11-20-19-10-9-18-7-6-8-23(29)27(18,4)21(19)13-14-26(20,22)3/h6,8-9,21-22,24,31H,7,10-15H2,1-5H3/t21-,22-,24+,26-,27-,28+/m0/s1. The Morgan fingerprint density at radius 3 is 2.62 bits per heavy atom. The fourth-order valence-corrected chi connectivity index (χ4v) is 7.80. The molecule has 4 nitrogen and oxygen atoms in total. The molecule has 0 amide bonds. The summed E-state index contributed by atoms with van der Waals surface area (Å²) in [6.45, 7) is 10.1. The predicted octanol–water partition coefficient (Wildman–Crippen LogP) is 5.38. The first kappa shape index (κ1) is 21.9. The molecular weight excluding hydrogens is 400 g/mol. The van der Waals surface area contributed by atoms with Gasteiger partial charge < -0.3 is 9.84 Å². The lowest BCUT2D eigenvalue weighted by atomic mass is 9.52. The van der Waals surface area contributed by atoms with Gasteiger partial charge >= 0.3 is 5.97 Å². The number of aliphatic hydroxyl groups is 1. The van der Waals surface area contributed by atoms with Gasteiger partial charge in [0.2, 0.25) is 0 Å². The van der Waals surface area contributed by atoms with Crippen LogP contribution in [0.1, 0.15) is 79.6 Å². The number of hydrogen-bond acceptors (Lipinski definition) is 4. The zero-order chi connectivity index (χ0) is 23.1. The van der Waals surface area contributed by atoms with Crippen LogP contribution < -0.4 is 0 Å². The van der Waals surface area contributed by atoms with Crippen molar-refractivity contribution in [2.45, 2.75) is 91.3 Å². The van der Waals surface area contributed by atoms with Gasteiger partial charge in [-0.1, -0.05) is 41.4 Å². The van der Waals surface area contributed by atoms with Crippen LogP contribution in [0.25, 0.3) is 0 Å². The molecule has 1 saturated carbocycles. The highest BCUT2D eigenvalue weighted by atomic mass is 16.6. The molecule has 1 fully saturated rings. The molecule has 4 heteroatoms. The number of ketones is 1. The summed E-state index contributed by atoms with van der Waals surface area (Å²) >= 11 is 0. The van der Waals surface area contributed by atoms with Gasteiger partial charge in [0, 0.05) is 17.9 Å². The molecule has 0 bridgehead atoms. The van der Waals surface area contributed by atoms with Crippen LogP contribution in [0.15, 0.2) is 46.1 Å². The Bertz CT molecular complexity index is 1020. The Labute approximate surface area is 191 Å². The second-order valence-electron chi connectivity index (χ2n) is 11.4. The molecule has 0 unspecified atom stereocenters. The molecule has 4 aliphatic carbocycles. The first-order chi connectivity index (χ1) is 15.0. The van der Waals surface area contributed by atoms with Crippen LogP contribution in [0, 0.1) is 22.7 Å². The summed E-state index contributed by atoms with van der Waals surface area (Å²) in [7, 11) is 0. The number of allylic oxidation sites excluding steroid dienone is 6. The van der Waals surface area contributed by atoms with Crippen LogP contribution >= 0.6 is 0 Å². The molecule has 1 heterocycles. The Balaban J connectivity index is 1.51. The van der Waals surface area contributed by atoms with Crippen molar-refractivity contribution in [2.75, 3.05) is 0 Å². The number of carbonyl (C=O) groups is 2. The minimum Gasteiger partial charge on any atom is -0.456 e. The van der Waals surface area contributed by atoms with Crippen molar-refractivity contribution in [3.63, 3.8) is 0 Å². The third-order valence-electron chi connectivity index (χ3n) is 10.00. The molecule has 32 heavy (non-hydrogen) atoms. The summed E-state index contributed by atoms with van der Waals surface area (Å²) < 4.78 is 5.75. The fraction of sp³-hybridized carbons (Fsp3) is 0.643. The molecule has 5 rings (SSSR count). The lowest BCUT2D eigenvalue weighted by Gasteiger charge is -2.52.